The second-order valence-electron chi connectivity index (χ2n) is 7.04. The molecule has 0 spiro atoms. The molecule has 1 fully saturated rings. The minimum Gasteiger partial charge on any atom is -0.361 e. The third-order valence-electron chi connectivity index (χ3n) is 5.03. The zero-order valence-corrected chi connectivity index (χ0v) is 15.6. The number of H-pyrrole nitrogens is 1. The summed E-state index contributed by atoms with van der Waals surface area (Å²) in [6.07, 6.45) is 4.34. The van der Waals surface area contributed by atoms with E-state index in [0.29, 0.717) is 32.6 Å². The molecule has 2 N–H and O–H groups in total. The van der Waals surface area contributed by atoms with Gasteiger partial charge in [0.2, 0.25) is 5.91 Å². The van der Waals surface area contributed by atoms with Crippen molar-refractivity contribution in [2.45, 2.75) is 39.2 Å². The summed E-state index contributed by atoms with van der Waals surface area (Å²) in [5.41, 5.74) is 2.08. The third-order valence-corrected chi connectivity index (χ3v) is 5.03. The SMILES string of the molecule is CCC[C@H](C)NC(=O)N1CCN(C(=O)Cc2c[nH]c3ccccc23)CC1. The van der Waals surface area contributed by atoms with Crippen molar-refractivity contribution >= 4 is 22.8 Å². The average Bonchev–Trinajstić information content (AvgIpc) is 3.05. The number of hydrogen-bond acceptors (Lipinski definition) is 2. The van der Waals surface area contributed by atoms with Crippen molar-refractivity contribution in [1.82, 2.24) is 20.1 Å². The third kappa shape index (κ3) is 4.18. The Morgan fingerprint density at radius 1 is 1.15 bits per heavy atom. The molecule has 0 aliphatic carbocycles. The van der Waals surface area contributed by atoms with E-state index in [1.54, 1.807) is 0 Å². The number of para-hydroxylation sites is 1. The topological polar surface area (TPSA) is 68.4 Å². The molecule has 0 saturated carbocycles. The molecule has 0 bridgehead atoms. The normalized spacial score (nSPS) is 15.9. The summed E-state index contributed by atoms with van der Waals surface area (Å²) in [6.45, 7) is 6.51. The summed E-state index contributed by atoms with van der Waals surface area (Å²) in [6, 6.07) is 8.19. The molecule has 2 heterocycles. The Labute approximate surface area is 154 Å². The lowest BCUT2D eigenvalue weighted by Crippen LogP contribution is -2.54. The van der Waals surface area contributed by atoms with Crippen LogP contribution in [0.2, 0.25) is 0 Å². The smallest absolute Gasteiger partial charge is 0.317 e. The molecule has 3 rings (SSSR count). The number of nitrogens with zero attached hydrogens (tertiary/aromatic N) is 2. The number of rotatable bonds is 5. The minimum absolute atomic E-state index is 0.0188. The highest BCUT2D eigenvalue weighted by Crippen LogP contribution is 2.19. The maximum atomic E-state index is 12.6. The maximum Gasteiger partial charge on any atom is 0.317 e. The van der Waals surface area contributed by atoms with Gasteiger partial charge in [-0.05, 0) is 25.0 Å². The molecule has 6 nitrogen and oxygen atoms in total. The molecule has 1 aromatic carbocycles. The van der Waals surface area contributed by atoms with Gasteiger partial charge in [0.05, 0.1) is 6.42 Å². The second-order valence-corrected chi connectivity index (χ2v) is 7.04. The summed E-state index contributed by atoms with van der Waals surface area (Å²) in [5.74, 6) is 0.120. The molecular weight excluding hydrogens is 328 g/mol. The van der Waals surface area contributed by atoms with Crippen molar-refractivity contribution in [3.05, 3.63) is 36.0 Å². The van der Waals surface area contributed by atoms with Crippen LogP contribution < -0.4 is 5.32 Å². The van der Waals surface area contributed by atoms with Gasteiger partial charge < -0.3 is 20.1 Å². The van der Waals surface area contributed by atoms with Crippen LogP contribution in [0.3, 0.4) is 0 Å². The highest BCUT2D eigenvalue weighted by Gasteiger charge is 2.25. The number of urea groups is 1. The van der Waals surface area contributed by atoms with Crippen LogP contribution >= 0.6 is 0 Å². The first-order valence-corrected chi connectivity index (χ1v) is 9.46. The number of aromatic amines is 1. The first kappa shape index (κ1) is 18.3. The van der Waals surface area contributed by atoms with Crippen molar-refractivity contribution in [2.75, 3.05) is 26.2 Å². The van der Waals surface area contributed by atoms with Gasteiger partial charge in [0.25, 0.3) is 0 Å². The lowest BCUT2D eigenvalue weighted by molar-refractivity contribution is -0.131. The van der Waals surface area contributed by atoms with Gasteiger partial charge in [0.15, 0.2) is 0 Å². The van der Waals surface area contributed by atoms with Gasteiger partial charge in [-0.25, -0.2) is 4.79 Å². The van der Waals surface area contributed by atoms with E-state index in [0.717, 1.165) is 29.3 Å². The zero-order chi connectivity index (χ0) is 18.5. The molecule has 26 heavy (non-hydrogen) atoms. The molecular formula is C20H28N4O2. The van der Waals surface area contributed by atoms with Crippen molar-refractivity contribution < 1.29 is 9.59 Å². The number of nitrogens with one attached hydrogen (secondary N) is 2. The van der Waals surface area contributed by atoms with E-state index in [9.17, 15) is 9.59 Å². The summed E-state index contributed by atoms with van der Waals surface area (Å²) in [4.78, 5) is 31.8. The predicted molar refractivity (Wildman–Crippen MR) is 103 cm³/mol. The quantitative estimate of drug-likeness (QED) is 0.865. The standard InChI is InChI=1S/C20H28N4O2/c1-3-6-15(2)22-20(26)24-11-9-23(10-12-24)19(25)13-16-14-21-18-8-5-4-7-17(16)18/h4-5,7-8,14-15,21H,3,6,9-13H2,1-2H3,(H,22,26)/t15-/m0/s1. The van der Waals surface area contributed by atoms with Crippen molar-refractivity contribution in [2.24, 2.45) is 0 Å². The molecule has 6 heteroatoms. The summed E-state index contributed by atoms with van der Waals surface area (Å²) >= 11 is 0. The minimum atomic E-state index is -0.0188. The summed E-state index contributed by atoms with van der Waals surface area (Å²) in [7, 11) is 0. The van der Waals surface area contributed by atoms with Crippen LogP contribution in [-0.2, 0) is 11.2 Å². The van der Waals surface area contributed by atoms with Crippen LogP contribution in [0.15, 0.2) is 30.5 Å². The van der Waals surface area contributed by atoms with E-state index in [1.165, 1.54) is 0 Å². The van der Waals surface area contributed by atoms with E-state index in [1.807, 2.05) is 47.2 Å². The molecule has 3 amide bonds. The second kappa shape index (κ2) is 8.25. The lowest BCUT2D eigenvalue weighted by Gasteiger charge is -2.35. The molecule has 140 valence electrons. The Hall–Kier alpha value is -2.50. The Morgan fingerprint density at radius 2 is 1.85 bits per heavy atom. The van der Waals surface area contributed by atoms with E-state index >= 15 is 0 Å². The van der Waals surface area contributed by atoms with E-state index in [4.69, 9.17) is 0 Å². The molecule has 2 aromatic rings. The molecule has 1 aliphatic rings. The average molecular weight is 356 g/mol. The number of hydrogen-bond donors (Lipinski definition) is 2. The lowest BCUT2D eigenvalue weighted by atomic mass is 10.1. The Balaban J connectivity index is 1.51. The molecule has 1 aliphatic heterocycles. The molecule has 0 unspecified atom stereocenters. The van der Waals surface area contributed by atoms with Gasteiger partial charge in [-0.15, -0.1) is 0 Å². The van der Waals surface area contributed by atoms with E-state index < -0.39 is 0 Å². The van der Waals surface area contributed by atoms with Gasteiger partial charge in [0, 0.05) is 49.3 Å². The van der Waals surface area contributed by atoms with Crippen molar-refractivity contribution in [3.63, 3.8) is 0 Å². The largest absolute Gasteiger partial charge is 0.361 e. The first-order chi connectivity index (χ1) is 12.6. The Kier molecular flexibility index (Phi) is 5.81. The van der Waals surface area contributed by atoms with Crippen molar-refractivity contribution in [3.8, 4) is 0 Å². The van der Waals surface area contributed by atoms with Crippen LogP contribution in [0.5, 0.6) is 0 Å². The highest BCUT2D eigenvalue weighted by molar-refractivity contribution is 5.89. The number of carbonyl (C=O) groups excluding carboxylic acids is 2. The fourth-order valence-corrected chi connectivity index (χ4v) is 3.52. The van der Waals surface area contributed by atoms with Gasteiger partial charge in [0.1, 0.15) is 0 Å². The monoisotopic (exact) mass is 356 g/mol. The van der Waals surface area contributed by atoms with Crippen LogP contribution in [0.4, 0.5) is 4.79 Å². The Morgan fingerprint density at radius 3 is 2.58 bits per heavy atom. The van der Waals surface area contributed by atoms with E-state index in [2.05, 4.69) is 17.2 Å². The first-order valence-electron chi connectivity index (χ1n) is 9.46. The molecule has 0 radical (unpaired) electrons. The van der Waals surface area contributed by atoms with Crippen LogP contribution in [0.1, 0.15) is 32.3 Å². The molecule has 1 aromatic heterocycles. The number of amides is 3. The van der Waals surface area contributed by atoms with Gasteiger partial charge >= 0.3 is 6.03 Å². The van der Waals surface area contributed by atoms with Crippen LogP contribution in [-0.4, -0.2) is 58.9 Å². The molecule has 1 atom stereocenters. The van der Waals surface area contributed by atoms with Crippen LogP contribution in [0.25, 0.3) is 10.9 Å². The number of piperazine rings is 1. The van der Waals surface area contributed by atoms with Crippen LogP contribution in [0, 0.1) is 0 Å². The predicted octanol–water partition coefficient (Wildman–Crippen LogP) is 2.75. The number of benzene rings is 1. The van der Waals surface area contributed by atoms with Gasteiger partial charge in [-0.2, -0.15) is 0 Å². The van der Waals surface area contributed by atoms with E-state index in [-0.39, 0.29) is 18.0 Å². The van der Waals surface area contributed by atoms with Gasteiger partial charge in [-0.1, -0.05) is 31.5 Å². The molecule has 1 saturated heterocycles. The fraction of sp³-hybridized carbons (Fsp3) is 0.500. The van der Waals surface area contributed by atoms with Crippen molar-refractivity contribution in [1.29, 1.82) is 0 Å². The summed E-state index contributed by atoms with van der Waals surface area (Å²) in [5, 5.41) is 4.13. The van der Waals surface area contributed by atoms with Gasteiger partial charge in [-0.3, -0.25) is 4.79 Å². The zero-order valence-electron chi connectivity index (χ0n) is 15.6. The summed E-state index contributed by atoms with van der Waals surface area (Å²) < 4.78 is 0. The number of aromatic nitrogens is 1. The maximum absolute atomic E-state index is 12.6. The number of carbonyl (C=O) groups is 2. The Bertz CT molecular complexity index is 762. The highest BCUT2D eigenvalue weighted by atomic mass is 16.2. The number of fused-ring (bicyclic) bond motifs is 1. The fourth-order valence-electron chi connectivity index (χ4n) is 3.52.